The van der Waals surface area contributed by atoms with E-state index in [1.165, 1.54) is 45.6 Å². The first-order valence-corrected chi connectivity index (χ1v) is 8.76. The Morgan fingerprint density at radius 1 is 1.04 bits per heavy atom. The van der Waals surface area contributed by atoms with E-state index in [2.05, 4.69) is 64.2 Å². The van der Waals surface area contributed by atoms with E-state index in [9.17, 15) is 0 Å². The van der Waals surface area contributed by atoms with Crippen molar-refractivity contribution in [3.05, 3.63) is 53.2 Å². The topological polar surface area (TPSA) is 12.9 Å². The third-order valence-electron chi connectivity index (χ3n) is 7.27. The van der Waals surface area contributed by atoms with E-state index >= 15 is 0 Å². The summed E-state index contributed by atoms with van der Waals surface area (Å²) >= 11 is 0. The first-order chi connectivity index (χ1) is 10.9. The molecule has 0 spiro atoms. The Morgan fingerprint density at radius 3 is 2.57 bits per heavy atom. The number of benzene rings is 2. The van der Waals surface area contributed by atoms with Crippen LogP contribution in [0.25, 0.3) is 21.7 Å². The highest BCUT2D eigenvalue weighted by Crippen LogP contribution is 2.68. The molecule has 116 valence electrons. The summed E-state index contributed by atoms with van der Waals surface area (Å²) in [4.78, 5) is 4.94. The fourth-order valence-corrected chi connectivity index (χ4v) is 5.60. The summed E-state index contributed by atoms with van der Waals surface area (Å²) < 4.78 is 0. The van der Waals surface area contributed by atoms with E-state index in [0.29, 0.717) is 11.3 Å². The molecule has 2 bridgehead atoms. The van der Waals surface area contributed by atoms with Crippen LogP contribution in [-0.4, -0.2) is 4.98 Å². The van der Waals surface area contributed by atoms with Crippen molar-refractivity contribution in [3.63, 3.8) is 0 Å². The summed E-state index contributed by atoms with van der Waals surface area (Å²) in [5.41, 5.74) is 6.29. The predicted octanol–water partition coefficient (Wildman–Crippen LogP) is 5.87. The molecule has 23 heavy (non-hydrogen) atoms. The minimum atomic E-state index is 0.281. The lowest BCUT2D eigenvalue weighted by atomic mass is 9.68. The lowest BCUT2D eigenvalue weighted by Gasteiger charge is -2.36. The Kier molecular flexibility index (Phi) is 2.33. The molecule has 0 unspecified atom stereocenters. The number of aromatic nitrogens is 1. The molecule has 2 aromatic carbocycles. The maximum Gasteiger partial charge on any atom is 0.0783 e. The monoisotopic (exact) mass is 301 g/mol. The summed E-state index contributed by atoms with van der Waals surface area (Å²) in [5.74, 6) is 0.672. The summed E-state index contributed by atoms with van der Waals surface area (Å²) in [7, 11) is 0. The highest BCUT2D eigenvalue weighted by molar-refractivity contribution is 6.08. The molecule has 0 N–H and O–H groups in total. The maximum atomic E-state index is 4.94. The minimum Gasteiger partial charge on any atom is -0.255 e. The van der Waals surface area contributed by atoms with Crippen molar-refractivity contribution in [2.75, 3.05) is 0 Å². The first kappa shape index (κ1) is 13.5. The molecule has 2 atom stereocenters. The Morgan fingerprint density at radius 2 is 1.78 bits per heavy atom. The van der Waals surface area contributed by atoms with Crippen LogP contribution in [0.5, 0.6) is 0 Å². The molecule has 0 aliphatic heterocycles. The van der Waals surface area contributed by atoms with Crippen LogP contribution in [0.3, 0.4) is 0 Å². The fourth-order valence-electron chi connectivity index (χ4n) is 5.60. The van der Waals surface area contributed by atoms with Crippen molar-refractivity contribution in [2.24, 2.45) is 5.41 Å². The number of rotatable bonds is 0. The van der Waals surface area contributed by atoms with Crippen molar-refractivity contribution in [2.45, 2.75) is 51.9 Å². The molecule has 3 aromatic rings. The molecule has 1 fully saturated rings. The average Bonchev–Trinajstić information content (AvgIpc) is 2.87. The van der Waals surface area contributed by atoms with Gasteiger partial charge in [0.2, 0.25) is 0 Å². The van der Waals surface area contributed by atoms with Gasteiger partial charge in [-0.05, 0) is 64.7 Å². The van der Waals surface area contributed by atoms with E-state index in [-0.39, 0.29) is 5.41 Å². The van der Waals surface area contributed by atoms with Gasteiger partial charge in [0.05, 0.1) is 5.52 Å². The van der Waals surface area contributed by atoms with Gasteiger partial charge in [-0.3, -0.25) is 4.98 Å². The van der Waals surface area contributed by atoms with Crippen molar-refractivity contribution in [1.29, 1.82) is 0 Å². The minimum absolute atomic E-state index is 0.281. The van der Waals surface area contributed by atoms with Crippen LogP contribution in [0.4, 0.5) is 0 Å². The zero-order valence-corrected chi connectivity index (χ0v) is 14.4. The molecule has 0 amide bonds. The van der Waals surface area contributed by atoms with Crippen molar-refractivity contribution < 1.29 is 0 Å². The smallest absolute Gasteiger partial charge is 0.0783 e. The number of hydrogen-bond donors (Lipinski definition) is 0. The Hall–Kier alpha value is -1.89. The van der Waals surface area contributed by atoms with Gasteiger partial charge >= 0.3 is 0 Å². The second kappa shape index (κ2) is 3.95. The Balaban J connectivity index is 1.98. The van der Waals surface area contributed by atoms with Gasteiger partial charge in [-0.15, -0.1) is 0 Å². The number of hydrogen-bond acceptors (Lipinski definition) is 1. The quantitative estimate of drug-likeness (QED) is 0.473. The number of aryl methyl sites for hydroxylation is 1. The third kappa shape index (κ3) is 1.38. The van der Waals surface area contributed by atoms with Crippen LogP contribution in [-0.2, 0) is 5.41 Å². The van der Waals surface area contributed by atoms with Gasteiger partial charge in [0.15, 0.2) is 0 Å². The molecule has 0 saturated heterocycles. The van der Waals surface area contributed by atoms with Crippen molar-refractivity contribution >= 4 is 21.7 Å². The van der Waals surface area contributed by atoms with Crippen LogP contribution in [0.2, 0.25) is 0 Å². The molecule has 1 saturated carbocycles. The van der Waals surface area contributed by atoms with Crippen LogP contribution >= 0.6 is 0 Å². The predicted molar refractivity (Wildman–Crippen MR) is 97.1 cm³/mol. The molecule has 2 aliphatic rings. The molecule has 2 aliphatic carbocycles. The second-order valence-corrected chi connectivity index (χ2v) is 8.37. The van der Waals surface area contributed by atoms with Crippen LogP contribution in [0.15, 0.2) is 36.5 Å². The van der Waals surface area contributed by atoms with Gasteiger partial charge in [-0.25, -0.2) is 0 Å². The van der Waals surface area contributed by atoms with E-state index in [4.69, 9.17) is 4.98 Å². The maximum absolute atomic E-state index is 4.94. The van der Waals surface area contributed by atoms with Crippen LogP contribution < -0.4 is 0 Å². The van der Waals surface area contributed by atoms with Gasteiger partial charge in [0.1, 0.15) is 0 Å². The normalized spacial score (nSPS) is 27.7. The summed E-state index contributed by atoms with van der Waals surface area (Å²) in [5, 5.41) is 4.03. The SMILES string of the molecule is Cc1cc2c3c(cnc2c2ccccc12)[C@H]1CC[C@]3(C)C1(C)C. The zero-order chi connectivity index (χ0) is 16.0. The molecule has 0 radical (unpaired) electrons. The molecular formula is C22H23N. The van der Waals surface area contributed by atoms with E-state index in [1.807, 2.05) is 0 Å². The number of nitrogens with zero attached hydrogens (tertiary/aromatic N) is 1. The number of pyridine rings is 1. The van der Waals surface area contributed by atoms with Crippen LogP contribution in [0, 0.1) is 12.3 Å². The van der Waals surface area contributed by atoms with E-state index in [0.717, 1.165) is 0 Å². The van der Waals surface area contributed by atoms with Crippen molar-refractivity contribution in [1.82, 2.24) is 4.98 Å². The van der Waals surface area contributed by atoms with Crippen LogP contribution in [0.1, 0.15) is 56.2 Å². The second-order valence-electron chi connectivity index (χ2n) is 8.37. The Labute approximate surface area is 137 Å². The van der Waals surface area contributed by atoms with Gasteiger partial charge in [0, 0.05) is 17.0 Å². The standard InChI is InChI=1S/C22H23N/c1-13-11-16-19-17(18-9-10-22(19,4)21(18,2)3)12-23-20(16)15-8-6-5-7-14(13)15/h5-8,11-12,18H,9-10H2,1-4H3/t18-,22+/m1/s1. The number of fused-ring (bicyclic) bond motifs is 9. The highest BCUT2D eigenvalue weighted by Gasteiger charge is 2.59. The third-order valence-corrected chi connectivity index (χ3v) is 7.27. The van der Waals surface area contributed by atoms with Gasteiger partial charge < -0.3 is 0 Å². The zero-order valence-electron chi connectivity index (χ0n) is 14.4. The summed E-state index contributed by atoms with van der Waals surface area (Å²) in [6, 6.07) is 11.1. The molecule has 1 nitrogen and oxygen atoms in total. The average molecular weight is 301 g/mol. The lowest BCUT2D eigenvalue weighted by Crippen LogP contribution is -2.31. The molecule has 5 rings (SSSR count). The molecule has 1 heteroatoms. The summed E-state index contributed by atoms with van der Waals surface area (Å²) in [6.45, 7) is 9.65. The van der Waals surface area contributed by atoms with Gasteiger partial charge in [0.25, 0.3) is 0 Å². The highest BCUT2D eigenvalue weighted by atomic mass is 14.7. The molecule has 1 heterocycles. The fraction of sp³-hybridized carbons (Fsp3) is 0.409. The van der Waals surface area contributed by atoms with Gasteiger partial charge in [-0.2, -0.15) is 0 Å². The Bertz CT molecular complexity index is 982. The van der Waals surface area contributed by atoms with E-state index < -0.39 is 0 Å². The van der Waals surface area contributed by atoms with Gasteiger partial charge in [-0.1, -0.05) is 45.0 Å². The molecular weight excluding hydrogens is 278 g/mol. The van der Waals surface area contributed by atoms with E-state index in [1.54, 1.807) is 5.56 Å². The summed E-state index contributed by atoms with van der Waals surface area (Å²) in [6.07, 6.45) is 4.81. The lowest BCUT2D eigenvalue weighted by molar-refractivity contribution is 0.232. The first-order valence-electron chi connectivity index (χ1n) is 8.76. The molecule has 1 aromatic heterocycles. The van der Waals surface area contributed by atoms with Crippen molar-refractivity contribution in [3.8, 4) is 0 Å². The largest absolute Gasteiger partial charge is 0.255 e.